The van der Waals surface area contributed by atoms with Gasteiger partial charge in [-0.25, -0.2) is 0 Å². The van der Waals surface area contributed by atoms with Crippen LogP contribution >= 0.6 is 11.6 Å². The van der Waals surface area contributed by atoms with Gasteiger partial charge in [-0.2, -0.15) is 8.42 Å². The Morgan fingerprint density at radius 2 is 2.00 bits per heavy atom. The van der Waals surface area contributed by atoms with Crippen LogP contribution in [0.15, 0.2) is 24.3 Å². The predicted molar refractivity (Wildman–Crippen MR) is 56.5 cm³/mol. The van der Waals surface area contributed by atoms with E-state index in [-0.39, 0.29) is 13.0 Å². The molecule has 1 rings (SSSR count). The highest BCUT2D eigenvalue weighted by Crippen LogP contribution is 2.23. The molecule has 0 atom stereocenters. The van der Waals surface area contributed by atoms with Gasteiger partial charge in [-0.1, -0.05) is 23.7 Å². The van der Waals surface area contributed by atoms with Crippen molar-refractivity contribution in [2.24, 2.45) is 0 Å². The first kappa shape index (κ1) is 12.3. The average Bonchev–Trinajstić information content (AvgIpc) is 2.13. The first-order valence-corrected chi connectivity index (χ1v) is 6.22. The summed E-state index contributed by atoms with van der Waals surface area (Å²) in [5.74, 6) is -0.0623. The molecule has 0 saturated carbocycles. The second kappa shape index (κ2) is 5.32. The van der Waals surface area contributed by atoms with E-state index in [4.69, 9.17) is 16.3 Å². The molecule has 84 valence electrons. The van der Waals surface area contributed by atoms with Crippen molar-refractivity contribution >= 4 is 21.8 Å². The molecule has 0 N–H and O–H groups in total. The zero-order valence-corrected chi connectivity index (χ0v) is 9.39. The third-order valence-corrected chi connectivity index (χ3v) is 2.72. The van der Waals surface area contributed by atoms with Crippen LogP contribution in [0.2, 0.25) is 5.02 Å². The Bertz CT molecular complexity index is 419. The van der Waals surface area contributed by atoms with Crippen LogP contribution in [0.3, 0.4) is 0 Å². The maximum absolute atomic E-state index is 12.1. The standard InChI is InChI=1S/C9H10ClFO3S/c10-8-4-1-2-5-9(8)14-6-3-7-15(11,12)13/h1-2,4-5H,3,6-7H2. The Labute approximate surface area is 93.0 Å². The zero-order valence-electron chi connectivity index (χ0n) is 7.82. The Morgan fingerprint density at radius 1 is 1.33 bits per heavy atom. The number of rotatable bonds is 5. The summed E-state index contributed by atoms with van der Waals surface area (Å²) in [7, 11) is -4.40. The van der Waals surface area contributed by atoms with Crippen molar-refractivity contribution < 1.29 is 17.0 Å². The van der Waals surface area contributed by atoms with Crippen molar-refractivity contribution in [2.75, 3.05) is 12.4 Å². The lowest BCUT2D eigenvalue weighted by molar-refractivity contribution is 0.317. The predicted octanol–water partition coefficient (Wildman–Crippen LogP) is 2.41. The molecule has 6 heteroatoms. The maximum atomic E-state index is 12.1. The average molecular weight is 253 g/mol. The van der Waals surface area contributed by atoms with Crippen LogP contribution in [0.4, 0.5) is 3.89 Å². The number of benzene rings is 1. The lowest BCUT2D eigenvalue weighted by atomic mass is 10.3. The topological polar surface area (TPSA) is 43.4 Å². The van der Waals surface area contributed by atoms with Crippen LogP contribution in [-0.2, 0) is 10.2 Å². The molecule has 0 saturated heterocycles. The van der Waals surface area contributed by atoms with Crippen LogP contribution in [0, 0.1) is 0 Å². The van der Waals surface area contributed by atoms with Gasteiger partial charge in [0.05, 0.1) is 17.4 Å². The van der Waals surface area contributed by atoms with Crippen LogP contribution < -0.4 is 4.74 Å². The molecule has 0 aliphatic carbocycles. The second-order valence-corrected chi connectivity index (χ2v) is 4.77. The first-order valence-electron chi connectivity index (χ1n) is 4.29. The first-order chi connectivity index (χ1) is 6.99. The molecule has 0 aliphatic heterocycles. The van der Waals surface area contributed by atoms with Gasteiger partial charge >= 0.3 is 10.2 Å². The molecule has 0 radical (unpaired) electrons. The van der Waals surface area contributed by atoms with Gasteiger partial charge in [0, 0.05) is 0 Å². The van der Waals surface area contributed by atoms with Crippen molar-refractivity contribution in [1.82, 2.24) is 0 Å². The molecule has 0 unspecified atom stereocenters. The number of halogens is 2. The molecule has 0 spiro atoms. The summed E-state index contributed by atoms with van der Waals surface area (Å²) >= 11 is 5.78. The fourth-order valence-corrected chi connectivity index (χ4v) is 1.63. The van der Waals surface area contributed by atoms with Gasteiger partial charge in [0.25, 0.3) is 0 Å². The van der Waals surface area contributed by atoms with E-state index in [1.807, 2.05) is 0 Å². The van der Waals surface area contributed by atoms with Gasteiger partial charge in [0.2, 0.25) is 0 Å². The molecule has 0 fully saturated rings. The lowest BCUT2D eigenvalue weighted by Gasteiger charge is -2.06. The van der Waals surface area contributed by atoms with E-state index in [0.717, 1.165) is 0 Å². The molecular weight excluding hydrogens is 243 g/mol. The summed E-state index contributed by atoms with van der Waals surface area (Å²) in [5, 5.41) is 0.445. The Kier molecular flexibility index (Phi) is 4.35. The molecule has 15 heavy (non-hydrogen) atoms. The lowest BCUT2D eigenvalue weighted by Crippen LogP contribution is -2.05. The van der Waals surface area contributed by atoms with Crippen molar-refractivity contribution in [3.05, 3.63) is 29.3 Å². The summed E-state index contributed by atoms with van der Waals surface area (Å²) in [6.07, 6.45) is 0.101. The fraction of sp³-hybridized carbons (Fsp3) is 0.333. The van der Waals surface area contributed by atoms with E-state index in [1.54, 1.807) is 24.3 Å². The third kappa shape index (κ3) is 4.99. The minimum absolute atomic E-state index is 0.101. The van der Waals surface area contributed by atoms with Crippen LogP contribution in [0.25, 0.3) is 0 Å². The van der Waals surface area contributed by atoms with Crippen LogP contribution in [0.5, 0.6) is 5.75 Å². The number of hydrogen-bond acceptors (Lipinski definition) is 3. The summed E-state index contributed by atoms with van der Waals surface area (Å²) in [6, 6.07) is 6.81. The van der Waals surface area contributed by atoms with Gasteiger partial charge < -0.3 is 4.74 Å². The fourth-order valence-electron chi connectivity index (χ4n) is 0.975. The van der Waals surface area contributed by atoms with Crippen molar-refractivity contribution in [3.63, 3.8) is 0 Å². The van der Waals surface area contributed by atoms with Gasteiger partial charge in [0.1, 0.15) is 5.75 Å². The highest BCUT2D eigenvalue weighted by atomic mass is 35.5. The van der Waals surface area contributed by atoms with Crippen LogP contribution in [0.1, 0.15) is 6.42 Å². The number of hydrogen-bond donors (Lipinski definition) is 0. The summed E-state index contributed by atoms with van der Waals surface area (Å²) < 4.78 is 37.6. The molecule has 1 aromatic rings. The van der Waals surface area contributed by atoms with Crippen LogP contribution in [-0.4, -0.2) is 20.8 Å². The normalized spacial score (nSPS) is 11.3. The van der Waals surface area contributed by atoms with Gasteiger partial charge in [0.15, 0.2) is 0 Å². The molecule has 0 bridgehead atoms. The Morgan fingerprint density at radius 3 is 2.60 bits per heavy atom. The second-order valence-electron chi connectivity index (χ2n) is 2.88. The maximum Gasteiger partial charge on any atom is 0.302 e. The summed E-state index contributed by atoms with van der Waals surface area (Å²) in [4.78, 5) is 0. The van der Waals surface area contributed by atoms with E-state index in [1.165, 1.54) is 0 Å². The Balaban J connectivity index is 2.36. The molecule has 0 amide bonds. The largest absolute Gasteiger partial charge is 0.492 e. The van der Waals surface area contributed by atoms with Crippen molar-refractivity contribution in [2.45, 2.75) is 6.42 Å². The Hall–Kier alpha value is -0.810. The minimum Gasteiger partial charge on any atom is -0.492 e. The molecule has 0 aromatic heterocycles. The summed E-state index contributed by atoms with van der Waals surface area (Å²) in [6.45, 7) is 0.118. The van der Waals surface area contributed by atoms with E-state index in [0.29, 0.717) is 10.8 Å². The van der Waals surface area contributed by atoms with E-state index in [9.17, 15) is 12.3 Å². The SMILES string of the molecule is O=S(=O)(F)CCCOc1ccccc1Cl. The number of ether oxygens (including phenoxy) is 1. The highest BCUT2D eigenvalue weighted by molar-refractivity contribution is 7.86. The monoisotopic (exact) mass is 252 g/mol. The zero-order chi connectivity index (χ0) is 11.3. The smallest absolute Gasteiger partial charge is 0.302 e. The molecule has 3 nitrogen and oxygen atoms in total. The van der Waals surface area contributed by atoms with Gasteiger partial charge in [-0.3, -0.25) is 0 Å². The van der Waals surface area contributed by atoms with E-state index in [2.05, 4.69) is 0 Å². The van der Waals surface area contributed by atoms with E-state index < -0.39 is 16.0 Å². The number of para-hydroxylation sites is 1. The van der Waals surface area contributed by atoms with Gasteiger partial charge in [-0.05, 0) is 18.6 Å². The summed E-state index contributed by atoms with van der Waals surface area (Å²) in [5.41, 5.74) is 0. The molecular formula is C9H10ClFO3S. The molecule has 1 aromatic carbocycles. The molecule has 0 aliphatic rings. The highest BCUT2D eigenvalue weighted by Gasteiger charge is 2.06. The quantitative estimate of drug-likeness (QED) is 0.597. The minimum atomic E-state index is -4.40. The van der Waals surface area contributed by atoms with Crippen molar-refractivity contribution in [3.8, 4) is 5.75 Å². The van der Waals surface area contributed by atoms with E-state index >= 15 is 0 Å². The van der Waals surface area contributed by atoms with Gasteiger partial charge in [-0.15, -0.1) is 3.89 Å². The van der Waals surface area contributed by atoms with Crippen molar-refractivity contribution in [1.29, 1.82) is 0 Å². The third-order valence-electron chi connectivity index (χ3n) is 1.63. The molecule has 0 heterocycles.